The van der Waals surface area contributed by atoms with Crippen LogP contribution in [0, 0.1) is 0 Å². The second kappa shape index (κ2) is 6.37. The van der Waals surface area contributed by atoms with Gasteiger partial charge in [-0.15, -0.1) is 0 Å². The van der Waals surface area contributed by atoms with Crippen LogP contribution in [0.15, 0.2) is 53.3 Å². The Labute approximate surface area is 131 Å². The third kappa shape index (κ3) is 3.14. The van der Waals surface area contributed by atoms with Crippen molar-refractivity contribution in [1.82, 2.24) is 9.88 Å². The van der Waals surface area contributed by atoms with Crippen molar-refractivity contribution >= 4 is 21.8 Å². The number of rotatable bonds is 2. The van der Waals surface area contributed by atoms with Crippen molar-refractivity contribution in [2.45, 2.75) is 6.10 Å². The van der Waals surface area contributed by atoms with E-state index in [2.05, 4.69) is 20.9 Å². The van der Waals surface area contributed by atoms with Gasteiger partial charge in [-0.25, -0.2) is 0 Å². The zero-order valence-corrected chi connectivity index (χ0v) is 13.0. The van der Waals surface area contributed by atoms with Crippen molar-refractivity contribution in [2.75, 3.05) is 19.7 Å². The molecule has 108 valence electrons. The van der Waals surface area contributed by atoms with E-state index >= 15 is 0 Å². The van der Waals surface area contributed by atoms with Crippen LogP contribution in [0.25, 0.3) is 0 Å². The molecule has 5 heteroatoms. The standard InChI is InChI=1S/C16H15BrN2O2/c17-14-4-2-1-3-13(14)15-11-19(9-10-21-15)16(20)12-5-7-18-8-6-12/h1-8,15H,9-11H2. The Balaban J connectivity index is 1.77. The van der Waals surface area contributed by atoms with Crippen LogP contribution in [0.2, 0.25) is 0 Å². The number of aromatic nitrogens is 1. The van der Waals surface area contributed by atoms with E-state index in [4.69, 9.17) is 4.74 Å². The highest BCUT2D eigenvalue weighted by Gasteiger charge is 2.27. The number of amides is 1. The number of hydrogen-bond donors (Lipinski definition) is 0. The molecule has 4 nitrogen and oxygen atoms in total. The Bertz CT molecular complexity index is 633. The second-order valence-electron chi connectivity index (χ2n) is 4.87. The van der Waals surface area contributed by atoms with E-state index in [9.17, 15) is 4.79 Å². The third-order valence-electron chi connectivity index (χ3n) is 3.53. The van der Waals surface area contributed by atoms with Crippen LogP contribution in [-0.4, -0.2) is 35.5 Å². The zero-order valence-electron chi connectivity index (χ0n) is 11.4. The fraction of sp³-hybridized carbons (Fsp3) is 0.250. The first-order valence-corrected chi connectivity index (χ1v) is 7.60. The highest BCUT2D eigenvalue weighted by Crippen LogP contribution is 2.29. The smallest absolute Gasteiger partial charge is 0.254 e. The lowest BCUT2D eigenvalue weighted by molar-refractivity contribution is -0.0231. The summed E-state index contributed by atoms with van der Waals surface area (Å²) in [5.41, 5.74) is 1.74. The van der Waals surface area contributed by atoms with Crippen molar-refractivity contribution in [1.29, 1.82) is 0 Å². The normalized spacial score (nSPS) is 18.5. The summed E-state index contributed by atoms with van der Waals surface area (Å²) in [7, 11) is 0. The Hall–Kier alpha value is -1.72. The fourth-order valence-electron chi connectivity index (χ4n) is 2.44. The maximum atomic E-state index is 12.5. The highest BCUT2D eigenvalue weighted by molar-refractivity contribution is 9.10. The summed E-state index contributed by atoms with van der Waals surface area (Å²) in [5.74, 6) is 0.0257. The van der Waals surface area contributed by atoms with Gasteiger partial charge in [0, 0.05) is 29.0 Å². The largest absolute Gasteiger partial charge is 0.370 e. The van der Waals surface area contributed by atoms with E-state index in [1.807, 2.05) is 29.2 Å². The molecule has 3 rings (SSSR count). The van der Waals surface area contributed by atoms with Crippen molar-refractivity contribution in [3.63, 3.8) is 0 Å². The second-order valence-corrected chi connectivity index (χ2v) is 5.72. The average molecular weight is 347 g/mol. The van der Waals surface area contributed by atoms with E-state index in [1.54, 1.807) is 24.5 Å². The number of hydrogen-bond acceptors (Lipinski definition) is 3. The number of pyridine rings is 1. The Kier molecular flexibility index (Phi) is 4.31. The first kappa shape index (κ1) is 14.2. The quantitative estimate of drug-likeness (QED) is 0.839. The van der Waals surface area contributed by atoms with Crippen molar-refractivity contribution in [3.8, 4) is 0 Å². The molecular formula is C16H15BrN2O2. The summed E-state index contributed by atoms with van der Waals surface area (Å²) >= 11 is 3.54. The number of carbonyl (C=O) groups is 1. The van der Waals surface area contributed by atoms with Gasteiger partial charge in [-0.05, 0) is 23.8 Å². The highest BCUT2D eigenvalue weighted by atomic mass is 79.9. The van der Waals surface area contributed by atoms with Crippen LogP contribution < -0.4 is 0 Å². The van der Waals surface area contributed by atoms with Crippen molar-refractivity contribution in [3.05, 3.63) is 64.4 Å². The maximum absolute atomic E-state index is 12.5. The van der Waals surface area contributed by atoms with Crippen LogP contribution in [0.4, 0.5) is 0 Å². The van der Waals surface area contributed by atoms with Gasteiger partial charge in [0.15, 0.2) is 0 Å². The molecule has 0 bridgehead atoms. The summed E-state index contributed by atoms with van der Waals surface area (Å²) in [6.45, 7) is 1.72. The number of carbonyl (C=O) groups excluding carboxylic acids is 1. The SMILES string of the molecule is O=C(c1ccncc1)N1CCOC(c2ccccc2Br)C1. The van der Waals surface area contributed by atoms with Gasteiger partial charge in [-0.3, -0.25) is 9.78 Å². The first-order valence-electron chi connectivity index (χ1n) is 6.81. The molecular weight excluding hydrogens is 332 g/mol. The number of morpholine rings is 1. The molecule has 1 atom stereocenters. The summed E-state index contributed by atoms with van der Waals surface area (Å²) in [5, 5.41) is 0. The van der Waals surface area contributed by atoms with Gasteiger partial charge < -0.3 is 9.64 Å². The minimum Gasteiger partial charge on any atom is -0.370 e. The Morgan fingerprint density at radius 3 is 2.76 bits per heavy atom. The molecule has 21 heavy (non-hydrogen) atoms. The summed E-state index contributed by atoms with van der Waals surface area (Å²) < 4.78 is 6.83. The van der Waals surface area contributed by atoms with Crippen LogP contribution in [-0.2, 0) is 4.74 Å². The van der Waals surface area contributed by atoms with E-state index in [1.165, 1.54) is 0 Å². The van der Waals surface area contributed by atoms with Gasteiger partial charge in [0.05, 0.1) is 13.2 Å². The molecule has 0 saturated carbocycles. The molecule has 2 heterocycles. The van der Waals surface area contributed by atoms with Crippen molar-refractivity contribution < 1.29 is 9.53 Å². The zero-order chi connectivity index (χ0) is 14.7. The molecule has 1 unspecified atom stereocenters. The molecule has 1 aliphatic rings. The molecule has 0 aliphatic carbocycles. The number of nitrogens with zero attached hydrogens (tertiary/aromatic N) is 2. The number of benzene rings is 1. The lowest BCUT2D eigenvalue weighted by Crippen LogP contribution is -2.42. The predicted octanol–water partition coefficient (Wildman–Crippen LogP) is 3.06. The average Bonchev–Trinajstić information content (AvgIpc) is 2.55. The van der Waals surface area contributed by atoms with Gasteiger partial charge in [-0.1, -0.05) is 34.1 Å². The third-order valence-corrected chi connectivity index (χ3v) is 4.26. The van der Waals surface area contributed by atoms with Crippen LogP contribution >= 0.6 is 15.9 Å². The maximum Gasteiger partial charge on any atom is 0.254 e. The van der Waals surface area contributed by atoms with Gasteiger partial charge in [0.2, 0.25) is 0 Å². The monoisotopic (exact) mass is 346 g/mol. The molecule has 1 aromatic carbocycles. The number of halogens is 1. The van der Waals surface area contributed by atoms with Crippen molar-refractivity contribution in [2.24, 2.45) is 0 Å². The van der Waals surface area contributed by atoms with Crippen LogP contribution in [0.5, 0.6) is 0 Å². The minimum atomic E-state index is -0.0971. The number of ether oxygens (including phenoxy) is 1. The molecule has 1 fully saturated rings. The van der Waals surface area contributed by atoms with E-state index in [0.29, 0.717) is 25.3 Å². The summed E-state index contributed by atoms with van der Waals surface area (Å²) in [6.07, 6.45) is 3.18. The molecule has 0 N–H and O–H groups in total. The Morgan fingerprint density at radius 1 is 1.24 bits per heavy atom. The molecule has 1 amide bonds. The fourth-order valence-corrected chi connectivity index (χ4v) is 2.98. The first-order chi connectivity index (χ1) is 10.3. The van der Waals surface area contributed by atoms with E-state index < -0.39 is 0 Å². The van der Waals surface area contributed by atoms with Crippen LogP contribution in [0.1, 0.15) is 22.0 Å². The summed E-state index contributed by atoms with van der Waals surface area (Å²) in [6, 6.07) is 11.4. The molecule has 1 saturated heterocycles. The molecule has 0 radical (unpaired) electrons. The lowest BCUT2D eigenvalue weighted by Gasteiger charge is -2.33. The molecule has 2 aromatic rings. The van der Waals surface area contributed by atoms with Gasteiger partial charge >= 0.3 is 0 Å². The van der Waals surface area contributed by atoms with E-state index in [0.717, 1.165) is 10.0 Å². The Morgan fingerprint density at radius 2 is 2.00 bits per heavy atom. The molecule has 1 aromatic heterocycles. The molecule has 1 aliphatic heterocycles. The minimum absolute atomic E-state index is 0.0257. The topological polar surface area (TPSA) is 42.4 Å². The van der Waals surface area contributed by atoms with Gasteiger partial charge in [0.25, 0.3) is 5.91 Å². The summed E-state index contributed by atoms with van der Waals surface area (Å²) in [4.78, 5) is 18.3. The van der Waals surface area contributed by atoms with Crippen LogP contribution in [0.3, 0.4) is 0 Å². The van der Waals surface area contributed by atoms with E-state index in [-0.39, 0.29) is 12.0 Å². The van der Waals surface area contributed by atoms with Gasteiger partial charge in [0.1, 0.15) is 6.10 Å². The molecule has 0 spiro atoms. The van der Waals surface area contributed by atoms with Gasteiger partial charge in [-0.2, -0.15) is 0 Å². The predicted molar refractivity (Wildman–Crippen MR) is 83.0 cm³/mol. The lowest BCUT2D eigenvalue weighted by atomic mass is 10.1.